The SMILES string of the molecule is CNC(CCCC1CCCO1)CSc1ccccc1Br. The van der Waals surface area contributed by atoms with Gasteiger partial charge in [0.05, 0.1) is 6.10 Å². The van der Waals surface area contributed by atoms with Crippen LogP contribution in [-0.2, 0) is 4.74 Å². The molecule has 0 aliphatic carbocycles. The van der Waals surface area contributed by atoms with Gasteiger partial charge in [-0.2, -0.15) is 0 Å². The predicted molar refractivity (Wildman–Crippen MR) is 90.5 cm³/mol. The second-order valence-corrected chi connectivity index (χ2v) is 7.21. The molecule has 2 unspecified atom stereocenters. The Balaban J connectivity index is 1.68. The van der Waals surface area contributed by atoms with Crippen LogP contribution >= 0.6 is 27.7 Å². The monoisotopic (exact) mass is 357 g/mol. The van der Waals surface area contributed by atoms with E-state index < -0.39 is 0 Å². The van der Waals surface area contributed by atoms with Gasteiger partial charge in [0.15, 0.2) is 0 Å². The van der Waals surface area contributed by atoms with Crippen LogP contribution in [0.4, 0.5) is 0 Å². The van der Waals surface area contributed by atoms with Gasteiger partial charge in [0.25, 0.3) is 0 Å². The highest BCUT2D eigenvalue weighted by Gasteiger charge is 2.16. The number of benzene rings is 1. The molecule has 1 aliphatic heterocycles. The summed E-state index contributed by atoms with van der Waals surface area (Å²) in [6, 6.07) is 9.01. The molecule has 1 heterocycles. The Kier molecular flexibility index (Phi) is 7.42. The number of nitrogens with one attached hydrogen (secondary N) is 1. The van der Waals surface area contributed by atoms with Crippen LogP contribution in [0.2, 0.25) is 0 Å². The van der Waals surface area contributed by atoms with Gasteiger partial charge in [0.1, 0.15) is 0 Å². The Morgan fingerprint density at radius 1 is 1.45 bits per heavy atom. The Morgan fingerprint density at radius 3 is 3.00 bits per heavy atom. The summed E-state index contributed by atoms with van der Waals surface area (Å²) in [5.41, 5.74) is 0. The lowest BCUT2D eigenvalue weighted by molar-refractivity contribution is 0.101. The van der Waals surface area contributed by atoms with Crippen molar-refractivity contribution in [1.29, 1.82) is 0 Å². The normalized spacial score (nSPS) is 20.2. The number of ether oxygens (including phenoxy) is 1. The fourth-order valence-corrected chi connectivity index (χ4v) is 4.25. The summed E-state index contributed by atoms with van der Waals surface area (Å²) in [6.07, 6.45) is 6.75. The van der Waals surface area contributed by atoms with Crippen molar-refractivity contribution in [3.63, 3.8) is 0 Å². The van der Waals surface area contributed by atoms with E-state index in [0.717, 1.165) is 12.4 Å². The molecule has 0 bridgehead atoms. The van der Waals surface area contributed by atoms with Gasteiger partial charge in [0.2, 0.25) is 0 Å². The average Bonchev–Trinajstić information content (AvgIpc) is 2.97. The molecule has 4 heteroatoms. The zero-order valence-corrected chi connectivity index (χ0v) is 14.5. The lowest BCUT2D eigenvalue weighted by Crippen LogP contribution is -2.27. The first-order chi connectivity index (χ1) is 9.79. The first-order valence-electron chi connectivity index (χ1n) is 7.46. The second-order valence-electron chi connectivity index (χ2n) is 5.29. The van der Waals surface area contributed by atoms with E-state index in [1.54, 1.807) is 0 Å². The maximum Gasteiger partial charge on any atom is 0.0576 e. The standard InChI is InChI=1S/C16H24BrNOS/c1-18-13(6-4-7-14-8-5-11-19-14)12-20-16-10-3-2-9-15(16)17/h2-3,9-10,13-14,18H,4-8,11-12H2,1H3. The maximum atomic E-state index is 5.68. The molecular formula is C16H24BrNOS. The van der Waals surface area contributed by atoms with Crippen LogP contribution in [-0.4, -0.2) is 31.6 Å². The Hall–Kier alpha value is -0.0300. The van der Waals surface area contributed by atoms with E-state index in [-0.39, 0.29) is 0 Å². The van der Waals surface area contributed by atoms with Crippen LogP contribution in [0.1, 0.15) is 32.1 Å². The van der Waals surface area contributed by atoms with Crippen molar-refractivity contribution in [2.45, 2.75) is 49.1 Å². The number of thioether (sulfide) groups is 1. The van der Waals surface area contributed by atoms with E-state index >= 15 is 0 Å². The summed E-state index contributed by atoms with van der Waals surface area (Å²) in [5.74, 6) is 1.12. The zero-order valence-electron chi connectivity index (χ0n) is 12.1. The fourth-order valence-electron chi connectivity index (χ4n) is 2.53. The van der Waals surface area contributed by atoms with Gasteiger partial charge in [-0.1, -0.05) is 12.1 Å². The molecule has 1 N–H and O–H groups in total. The van der Waals surface area contributed by atoms with E-state index in [1.165, 1.54) is 41.5 Å². The van der Waals surface area contributed by atoms with Gasteiger partial charge >= 0.3 is 0 Å². The van der Waals surface area contributed by atoms with Crippen LogP contribution in [0.25, 0.3) is 0 Å². The molecule has 2 nitrogen and oxygen atoms in total. The van der Waals surface area contributed by atoms with Crippen LogP contribution in [0, 0.1) is 0 Å². The van der Waals surface area contributed by atoms with Gasteiger partial charge < -0.3 is 10.1 Å². The second kappa shape index (κ2) is 9.08. The van der Waals surface area contributed by atoms with Crippen molar-refractivity contribution in [1.82, 2.24) is 5.32 Å². The molecule has 2 rings (SSSR count). The van der Waals surface area contributed by atoms with Crippen LogP contribution in [0.5, 0.6) is 0 Å². The van der Waals surface area contributed by atoms with Crippen LogP contribution in [0.15, 0.2) is 33.6 Å². The zero-order chi connectivity index (χ0) is 14.2. The highest BCUT2D eigenvalue weighted by Crippen LogP contribution is 2.28. The third kappa shape index (κ3) is 5.40. The summed E-state index contributed by atoms with van der Waals surface area (Å²) in [6.45, 7) is 0.970. The van der Waals surface area contributed by atoms with Crippen LogP contribution < -0.4 is 5.32 Å². The summed E-state index contributed by atoms with van der Waals surface area (Å²) >= 11 is 5.53. The van der Waals surface area contributed by atoms with E-state index in [2.05, 4.69) is 52.6 Å². The lowest BCUT2D eigenvalue weighted by atomic mass is 10.1. The van der Waals surface area contributed by atoms with E-state index in [1.807, 2.05) is 11.8 Å². The smallest absolute Gasteiger partial charge is 0.0576 e. The Morgan fingerprint density at radius 2 is 2.30 bits per heavy atom. The molecule has 0 aromatic heterocycles. The molecule has 2 atom stereocenters. The maximum absolute atomic E-state index is 5.68. The van der Waals surface area contributed by atoms with Gasteiger partial charge in [-0.3, -0.25) is 0 Å². The van der Waals surface area contributed by atoms with Gasteiger partial charge in [0, 0.05) is 27.8 Å². The minimum atomic E-state index is 0.531. The van der Waals surface area contributed by atoms with Crippen molar-refractivity contribution < 1.29 is 4.74 Å². The minimum Gasteiger partial charge on any atom is -0.378 e. The first-order valence-corrected chi connectivity index (χ1v) is 9.23. The highest BCUT2D eigenvalue weighted by atomic mass is 79.9. The van der Waals surface area contributed by atoms with Crippen molar-refractivity contribution in [3.05, 3.63) is 28.7 Å². The van der Waals surface area contributed by atoms with Crippen molar-refractivity contribution >= 4 is 27.7 Å². The summed E-state index contributed by atoms with van der Waals surface area (Å²) in [5, 5.41) is 3.44. The van der Waals surface area contributed by atoms with Crippen molar-refractivity contribution in [3.8, 4) is 0 Å². The van der Waals surface area contributed by atoms with Gasteiger partial charge in [-0.25, -0.2) is 0 Å². The first kappa shape index (κ1) is 16.3. The third-order valence-corrected chi connectivity index (χ3v) is 5.98. The van der Waals surface area contributed by atoms with Crippen molar-refractivity contribution in [2.24, 2.45) is 0 Å². The largest absolute Gasteiger partial charge is 0.378 e. The van der Waals surface area contributed by atoms with Crippen molar-refractivity contribution in [2.75, 3.05) is 19.4 Å². The van der Waals surface area contributed by atoms with Gasteiger partial charge in [-0.05, 0) is 67.2 Å². The Labute approximate surface area is 135 Å². The minimum absolute atomic E-state index is 0.531. The Bertz CT molecular complexity index is 396. The molecule has 1 aliphatic rings. The molecule has 0 amide bonds. The number of hydrogen-bond donors (Lipinski definition) is 1. The quantitative estimate of drug-likeness (QED) is 0.693. The van der Waals surface area contributed by atoms with Crippen LogP contribution in [0.3, 0.4) is 0 Å². The molecular weight excluding hydrogens is 334 g/mol. The van der Waals surface area contributed by atoms with E-state index in [4.69, 9.17) is 4.74 Å². The molecule has 1 aromatic rings. The summed E-state index contributed by atoms with van der Waals surface area (Å²) < 4.78 is 6.88. The predicted octanol–water partition coefficient (Wildman–Crippen LogP) is 4.48. The number of rotatable bonds is 8. The van der Waals surface area contributed by atoms with E-state index in [0.29, 0.717) is 12.1 Å². The average molecular weight is 358 g/mol. The number of hydrogen-bond acceptors (Lipinski definition) is 3. The van der Waals surface area contributed by atoms with Gasteiger partial charge in [-0.15, -0.1) is 11.8 Å². The van der Waals surface area contributed by atoms with E-state index in [9.17, 15) is 0 Å². The highest BCUT2D eigenvalue weighted by molar-refractivity contribution is 9.10. The molecule has 0 spiro atoms. The number of halogens is 1. The third-order valence-electron chi connectivity index (χ3n) is 3.79. The fraction of sp³-hybridized carbons (Fsp3) is 0.625. The molecule has 0 radical (unpaired) electrons. The topological polar surface area (TPSA) is 21.3 Å². The molecule has 20 heavy (non-hydrogen) atoms. The molecule has 1 fully saturated rings. The summed E-state index contributed by atoms with van der Waals surface area (Å²) in [7, 11) is 2.07. The summed E-state index contributed by atoms with van der Waals surface area (Å²) in [4.78, 5) is 1.33. The molecule has 112 valence electrons. The molecule has 1 saturated heterocycles. The molecule has 0 saturated carbocycles. The molecule has 1 aromatic carbocycles. The lowest BCUT2D eigenvalue weighted by Gasteiger charge is -2.17.